The number of aliphatic hydroxyl groups is 1. The number of fused-ring (bicyclic) bond motifs is 1. The van der Waals surface area contributed by atoms with Crippen molar-refractivity contribution < 1.29 is 18.3 Å². The quantitative estimate of drug-likeness (QED) is 0.737. The fourth-order valence-electron chi connectivity index (χ4n) is 2.25. The van der Waals surface area contributed by atoms with Gasteiger partial charge in [0.1, 0.15) is 5.65 Å². The number of nitrogens with one attached hydrogen (secondary N) is 1. The molecule has 0 bridgehead atoms. The second-order valence-electron chi connectivity index (χ2n) is 5.02. The van der Waals surface area contributed by atoms with Crippen LogP contribution in [-0.4, -0.2) is 35.1 Å². The number of halogens is 3. The molecule has 0 aliphatic carbocycles. The molecule has 3 rings (SSSR count). The van der Waals surface area contributed by atoms with Gasteiger partial charge in [-0.1, -0.05) is 0 Å². The summed E-state index contributed by atoms with van der Waals surface area (Å²) in [6.07, 6.45) is -3.30. The number of aromatic nitrogens is 6. The van der Waals surface area contributed by atoms with Gasteiger partial charge in [0.05, 0.1) is 29.4 Å². The first-order valence-corrected chi connectivity index (χ1v) is 6.79. The molecule has 24 heavy (non-hydrogen) atoms. The van der Waals surface area contributed by atoms with Crippen LogP contribution in [0.25, 0.3) is 11.0 Å². The highest BCUT2D eigenvalue weighted by atomic mass is 19.4. The van der Waals surface area contributed by atoms with Gasteiger partial charge in [-0.15, -0.1) is 5.10 Å². The van der Waals surface area contributed by atoms with E-state index in [4.69, 9.17) is 0 Å². The van der Waals surface area contributed by atoms with Crippen LogP contribution in [0.3, 0.4) is 0 Å². The highest BCUT2D eigenvalue weighted by Crippen LogP contribution is 2.28. The minimum Gasteiger partial charge on any atom is -0.390 e. The maximum Gasteiger partial charge on any atom is 0.435 e. The van der Waals surface area contributed by atoms with Gasteiger partial charge in [-0.3, -0.25) is 4.98 Å². The van der Waals surface area contributed by atoms with Gasteiger partial charge in [0.2, 0.25) is 0 Å². The van der Waals surface area contributed by atoms with Crippen molar-refractivity contribution in [2.24, 2.45) is 0 Å². The lowest BCUT2D eigenvalue weighted by molar-refractivity contribution is -0.141. The van der Waals surface area contributed by atoms with Crippen LogP contribution in [0.2, 0.25) is 0 Å². The lowest BCUT2D eigenvalue weighted by Gasteiger charge is -2.13. The van der Waals surface area contributed by atoms with E-state index in [-0.39, 0.29) is 23.6 Å². The summed E-state index contributed by atoms with van der Waals surface area (Å²) in [7, 11) is 0. The Morgan fingerprint density at radius 2 is 2.08 bits per heavy atom. The highest BCUT2D eigenvalue weighted by molar-refractivity contribution is 5.77. The number of rotatable bonds is 3. The fraction of sp³-hybridized carbons (Fsp3) is 0.308. The number of hydrogen-bond donors (Lipinski definition) is 2. The van der Waals surface area contributed by atoms with Crippen LogP contribution in [0, 0.1) is 0 Å². The number of aromatic amines is 1. The van der Waals surface area contributed by atoms with Gasteiger partial charge in [0.25, 0.3) is 0 Å². The molecule has 3 heterocycles. The summed E-state index contributed by atoms with van der Waals surface area (Å²) in [5.74, 6) is 0. The van der Waals surface area contributed by atoms with Gasteiger partial charge in [-0.2, -0.15) is 23.4 Å². The van der Waals surface area contributed by atoms with Crippen molar-refractivity contribution in [1.29, 1.82) is 0 Å². The number of hydrogen-bond acceptors (Lipinski definition) is 6. The van der Waals surface area contributed by atoms with Gasteiger partial charge in [0, 0.05) is 6.20 Å². The van der Waals surface area contributed by atoms with E-state index in [2.05, 4.69) is 25.3 Å². The largest absolute Gasteiger partial charge is 0.435 e. The Morgan fingerprint density at radius 1 is 1.33 bits per heavy atom. The molecule has 0 aliphatic rings. The van der Waals surface area contributed by atoms with E-state index in [0.717, 1.165) is 6.07 Å². The Kier molecular flexibility index (Phi) is 3.79. The molecule has 3 aromatic rings. The summed E-state index contributed by atoms with van der Waals surface area (Å²) in [6.45, 7) is 1.24. The van der Waals surface area contributed by atoms with Crippen molar-refractivity contribution in [2.75, 3.05) is 0 Å². The molecule has 0 spiro atoms. The van der Waals surface area contributed by atoms with Crippen molar-refractivity contribution in [3.63, 3.8) is 0 Å². The van der Waals surface area contributed by atoms with Crippen LogP contribution in [0.5, 0.6) is 0 Å². The van der Waals surface area contributed by atoms with Gasteiger partial charge in [-0.25, -0.2) is 14.5 Å². The Morgan fingerprint density at radius 3 is 2.67 bits per heavy atom. The molecule has 1 unspecified atom stereocenters. The van der Waals surface area contributed by atoms with E-state index < -0.39 is 23.6 Å². The molecular weight excluding hydrogens is 329 g/mol. The first-order chi connectivity index (χ1) is 11.3. The molecule has 2 N–H and O–H groups in total. The van der Waals surface area contributed by atoms with E-state index in [0.29, 0.717) is 5.39 Å². The van der Waals surface area contributed by atoms with Crippen LogP contribution in [0.1, 0.15) is 30.0 Å². The van der Waals surface area contributed by atoms with Gasteiger partial charge in [-0.05, 0) is 19.1 Å². The van der Waals surface area contributed by atoms with E-state index in [9.17, 15) is 23.1 Å². The van der Waals surface area contributed by atoms with E-state index in [1.165, 1.54) is 16.9 Å². The van der Waals surface area contributed by atoms with Crippen molar-refractivity contribution in [3.05, 3.63) is 45.9 Å². The van der Waals surface area contributed by atoms with Crippen molar-refractivity contribution in [2.45, 2.75) is 25.7 Å². The summed E-state index contributed by atoms with van der Waals surface area (Å²) in [5.41, 5.74) is -0.931. The van der Waals surface area contributed by atoms with Crippen LogP contribution in [-0.2, 0) is 12.8 Å². The second-order valence-corrected chi connectivity index (χ2v) is 5.02. The van der Waals surface area contributed by atoms with E-state index in [1.807, 2.05) is 0 Å². The molecule has 3 aromatic heterocycles. The average Bonchev–Trinajstić information content (AvgIpc) is 2.91. The zero-order chi connectivity index (χ0) is 17.5. The number of nitrogens with zero attached hydrogens (tertiary/aromatic N) is 5. The first-order valence-electron chi connectivity index (χ1n) is 6.79. The minimum atomic E-state index is -4.58. The second kappa shape index (κ2) is 5.67. The maximum atomic E-state index is 12.6. The zero-order valence-electron chi connectivity index (χ0n) is 12.2. The average molecular weight is 340 g/mol. The first kappa shape index (κ1) is 16.1. The molecule has 0 saturated carbocycles. The lowest BCUT2D eigenvalue weighted by Crippen LogP contribution is -2.16. The molecule has 0 fully saturated rings. The lowest BCUT2D eigenvalue weighted by atomic mass is 10.2. The normalized spacial score (nSPS) is 13.4. The third-order valence-electron chi connectivity index (χ3n) is 3.48. The summed E-state index contributed by atoms with van der Waals surface area (Å²) >= 11 is 0. The third-order valence-corrected chi connectivity index (χ3v) is 3.48. The SMILES string of the molecule is CC(c1ccc(C(F)(F)F)nn1)n1nc(CO)c2cnc(=O)[nH]c21. The molecular formula is C13H11F3N6O2. The number of alkyl halides is 3. The van der Waals surface area contributed by atoms with E-state index >= 15 is 0 Å². The molecule has 0 aliphatic heterocycles. The van der Waals surface area contributed by atoms with Crippen molar-refractivity contribution >= 4 is 11.0 Å². The molecule has 0 amide bonds. The molecule has 11 heteroatoms. The smallest absolute Gasteiger partial charge is 0.390 e. The van der Waals surface area contributed by atoms with E-state index in [1.54, 1.807) is 6.92 Å². The van der Waals surface area contributed by atoms with Crippen molar-refractivity contribution in [1.82, 2.24) is 29.9 Å². The molecule has 0 radical (unpaired) electrons. The minimum absolute atomic E-state index is 0.217. The summed E-state index contributed by atoms with van der Waals surface area (Å²) in [6, 6.07) is 1.38. The van der Waals surface area contributed by atoms with Crippen LogP contribution >= 0.6 is 0 Å². The van der Waals surface area contributed by atoms with Gasteiger partial charge >= 0.3 is 11.9 Å². The molecule has 0 aromatic carbocycles. The van der Waals surface area contributed by atoms with Gasteiger partial charge in [0.15, 0.2) is 5.69 Å². The molecule has 0 saturated heterocycles. The summed E-state index contributed by atoms with van der Waals surface area (Å²) < 4.78 is 39.0. The number of H-pyrrole nitrogens is 1. The van der Waals surface area contributed by atoms with Crippen molar-refractivity contribution in [3.8, 4) is 0 Å². The topological polar surface area (TPSA) is 110 Å². The third kappa shape index (κ3) is 2.73. The number of aliphatic hydroxyl groups excluding tert-OH is 1. The summed E-state index contributed by atoms with van der Waals surface area (Å²) in [5, 5.41) is 20.7. The Bertz CT molecular complexity index is 932. The Balaban J connectivity index is 2.07. The molecule has 126 valence electrons. The standard InChI is InChI=1S/C13H11F3N6O2/c1-6(8-2-3-10(20-19-8)13(14,15)16)22-11-7(9(5-23)21-22)4-17-12(24)18-11/h2-4,6,23H,5H2,1H3,(H,17,18,24). The summed E-state index contributed by atoms with van der Waals surface area (Å²) in [4.78, 5) is 17.5. The fourth-order valence-corrected chi connectivity index (χ4v) is 2.25. The van der Waals surface area contributed by atoms with Gasteiger partial charge < -0.3 is 5.11 Å². The zero-order valence-corrected chi connectivity index (χ0v) is 12.2. The predicted octanol–water partition coefficient (Wildman–Crippen LogP) is 1.03. The Hall–Kier alpha value is -2.82. The maximum absolute atomic E-state index is 12.6. The molecule has 8 nitrogen and oxygen atoms in total. The van der Waals surface area contributed by atoms with Crippen LogP contribution in [0.4, 0.5) is 13.2 Å². The van der Waals surface area contributed by atoms with Crippen LogP contribution < -0.4 is 5.69 Å². The monoisotopic (exact) mass is 340 g/mol. The Labute approximate surface area is 132 Å². The highest BCUT2D eigenvalue weighted by Gasteiger charge is 2.33. The van der Waals surface area contributed by atoms with Crippen LogP contribution in [0.15, 0.2) is 23.1 Å². The molecule has 1 atom stereocenters. The predicted molar refractivity (Wildman–Crippen MR) is 74.9 cm³/mol.